The highest BCUT2D eigenvalue weighted by molar-refractivity contribution is 7.89. The first-order valence-electron chi connectivity index (χ1n) is 5.50. The predicted molar refractivity (Wildman–Crippen MR) is 67.8 cm³/mol. The number of carbonyl (C=O) groups is 2. The fourth-order valence-corrected chi connectivity index (χ4v) is 2.36. The molecule has 9 heteroatoms. The summed E-state index contributed by atoms with van der Waals surface area (Å²) >= 11 is 0. The molecule has 0 N–H and O–H groups in total. The van der Waals surface area contributed by atoms with Crippen LogP contribution in [0.15, 0.2) is 30.5 Å². The third-order valence-corrected chi connectivity index (χ3v) is 3.68. The number of rotatable bonds is 2. The highest BCUT2D eigenvalue weighted by atomic mass is 32.2. The zero-order valence-corrected chi connectivity index (χ0v) is 11.0. The van der Waals surface area contributed by atoms with Gasteiger partial charge in [0, 0.05) is 0 Å². The van der Waals surface area contributed by atoms with Crippen LogP contribution in [0, 0.1) is 0 Å². The SMILES string of the molecule is CS(=O)(=O)n1cc(N2C(=O)c3ccccc3C2=O)nn1. The maximum Gasteiger partial charge on any atom is 0.267 e. The van der Waals surface area contributed by atoms with E-state index in [1.165, 1.54) is 12.1 Å². The summed E-state index contributed by atoms with van der Waals surface area (Å²) < 4.78 is 23.2. The third-order valence-electron chi connectivity index (χ3n) is 2.82. The van der Waals surface area contributed by atoms with Gasteiger partial charge in [-0.1, -0.05) is 12.1 Å². The summed E-state index contributed by atoms with van der Waals surface area (Å²) in [4.78, 5) is 25.1. The summed E-state index contributed by atoms with van der Waals surface area (Å²) in [6.07, 6.45) is 1.96. The van der Waals surface area contributed by atoms with E-state index in [1.807, 2.05) is 0 Å². The summed E-state index contributed by atoms with van der Waals surface area (Å²) in [7, 11) is -3.62. The molecular formula is C11H8N4O4S. The molecule has 102 valence electrons. The molecule has 2 heterocycles. The smallest absolute Gasteiger partial charge is 0.267 e. The number of aromatic nitrogens is 3. The van der Waals surface area contributed by atoms with Crippen LogP contribution in [0.5, 0.6) is 0 Å². The number of imide groups is 1. The van der Waals surface area contributed by atoms with Gasteiger partial charge in [-0.25, -0.2) is 13.3 Å². The normalized spacial score (nSPS) is 14.8. The van der Waals surface area contributed by atoms with Crippen molar-refractivity contribution < 1.29 is 18.0 Å². The van der Waals surface area contributed by atoms with Crippen molar-refractivity contribution in [3.05, 3.63) is 41.6 Å². The standard InChI is InChI=1S/C11H8N4O4S/c1-20(18,19)14-6-9(12-13-14)15-10(16)7-4-2-3-5-8(7)11(15)17/h2-6H,1H3. The van der Waals surface area contributed by atoms with Gasteiger partial charge in [-0.15, -0.1) is 9.19 Å². The van der Waals surface area contributed by atoms with Gasteiger partial charge >= 0.3 is 0 Å². The molecule has 0 saturated carbocycles. The summed E-state index contributed by atoms with van der Waals surface area (Å²) in [6, 6.07) is 6.33. The first-order valence-corrected chi connectivity index (χ1v) is 7.35. The van der Waals surface area contributed by atoms with Crippen molar-refractivity contribution in [1.82, 2.24) is 14.4 Å². The number of hydrogen-bond acceptors (Lipinski definition) is 6. The Hall–Kier alpha value is -2.55. The number of anilines is 1. The molecule has 0 atom stereocenters. The van der Waals surface area contributed by atoms with Gasteiger partial charge < -0.3 is 0 Å². The van der Waals surface area contributed by atoms with Crippen LogP contribution in [0.25, 0.3) is 0 Å². The Bertz CT molecular complexity index is 805. The molecule has 8 nitrogen and oxygen atoms in total. The van der Waals surface area contributed by atoms with Crippen LogP contribution in [0.3, 0.4) is 0 Å². The van der Waals surface area contributed by atoms with Gasteiger partial charge in [0.2, 0.25) is 0 Å². The zero-order chi connectivity index (χ0) is 14.5. The van der Waals surface area contributed by atoms with E-state index in [0.29, 0.717) is 4.09 Å². The average molecular weight is 292 g/mol. The second-order valence-corrected chi connectivity index (χ2v) is 6.04. The highest BCUT2D eigenvalue weighted by Gasteiger charge is 2.38. The van der Waals surface area contributed by atoms with E-state index in [0.717, 1.165) is 17.4 Å². The number of carbonyl (C=O) groups excluding carboxylic acids is 2. The quantitative estimate of drug-likeness (QED) is 0.715. The van der Waals surface area contributed by atoms with Crippen molar-refractivity contribution in [3.8, 4) is 0 Å². The minimum Gasteiger partial charge on any atom is -0.268 e. The minimum absolute atomic E-state index is 0.123. The topological polar surface area (TPSA) is 102 Å². The van der Waals surface area contributed by atoms with Crippen molar-refractivity contribution in [2.45, 2.75) is 0 Å². The first-order chi connectivity index (χ1) is 9.39. The molecule has 0 saturated heterocycles. The maximum absolute atomic E-state index is 12.1. The molecule has 20 heavy (non-hydrogen) atoms. The molecule has 2 amide bonds. The molecule has 0 fully saturated rings. The average Bonchev–Trinajstić information content (AvgIpc) is 2.95. The Morgan fingerprint density at radius 1 is 1.05 bits per heavy atom. The lowest BCUT2D eigenvalue weighted by atomic mass is 10.1. The largest absolute Gasteiger partial charge is 0.268 e. The number of hydrogen-bond donors (Lipinski definition) is 0. The summed E-state index contributed by atoms with van der Waals surface area (Å²) in [5.74, 6) is -1.22. The highest BCUT2D eigenvalue weighted by Crippen LogP contribution is 2.26. The fraction of sp³-hybridized carbons (Fsp3) is 0.0909. The Morgan fingerprint density at radius 2 is 1.60 bits per heavy atom. The maximum atomic E-state index is 12.1. The van der Waals surface area contributed by atoms with Gasteiger partial charge in [0.1, 0.15) is 0 Å². The van der Waals surface area contributed by atoms with Gasteiger partial charge in [0.05, 0.1) is 23.6 Å². The van der Waals surface area contributed by atoms with Crippen LogP contribution >= 0.6 is 0 Å². The van der Waals surface area contributed by atoms with Crippen molar-refractivity contribution in [1.29, 1.82) is 0 Å². The Kier molecular flexibility index (Phi) is 2.48. The molecule has 0 bridgehead atoms. The number of fused-ring (bicyclic) bond motifs is 1. The van der Waals surface area contributed by atoms with Crippen molar-refractivity contribution in [3.63, 3.8) is 0 Å². The molecule has 0 spiro atoms. The predicted octanol–water partition coefficient (Wildman–Crippen LogP) is -0.114. The third kappa shape index (κ3) is 1.71. The van der Waals surface area contributed by atoms with Gasteiger partial charge in [0.25, 0.3) is 21.8 Å². The molecule has 1 aliphatic rings. The second-order valence-electron chi connectivity index (χ2n) is 4.20. The van der Waals surface area contributed by atoms with E-state index in [-0.39, 0.29) is 16.9 Å². The van der Waals surface area contributed by atoms with Gasteiger partial charge in [-0.05, 0) is 17.3 Å². The van der Waals surface area contributed by atoms with Crippen LogP contribution in [0.1, 0.15) is 20.7 Å². The summed E-state index contributed by atoms with van der Waals surface area (Å²) in [5.41, 5.74) is 0.512. The van der Waals surface area contributed by atoms with Crippen molar-refractivity contribution in [2.24, 2.45) is 0 Å². The number of benzene rings is 1. The van der Waals surface area contributed by atoms with Crippen LogP contribution in [-0.4, -0.2) is 40.9 Å². The van der Waals surface area contributed by atoms with E-state index in [4.69, 9.17) is 0 Å². The Labute approximate surface area is 113 Å². The van der Waals surface area contributed by atoms with E-state index in [1.54, 1.807) is 12.1 Å². The van der Waals surface area contributed by atoms with Crippen molar-refractivity contribution >= 4 is 27.7 Å². The summed E-state index contributed by atoms with van der Waals surface area (Å²) in [5, 5.41) is 6.96. The van der Waals surface area contributed by atoms with Crippen LogP contribution in [0.2, 0.25) is 0 Å². The Balaban J connectivity index is 2.08. The molecule has 0 unspecified atom stereocenters. The van der Waals surface area contributed by atoms with Crippen LogP contribution in [0.4, 0.5) is 5.82 Å². The first kappa shape index (κ1) is 12.5. The lowest BCUT2D eigenvalue weighted by molar-refractivity contribution is 0.0925. The fourth-order valence-electron chi connectivity index (χ4n) is 1.90. The number of amides is 2. The minimum atomic E-state index is -3.62. The van der Waals surface area contributed by atoms with E-state index >= 15 is 0 Å². The molecule has 3 rings (SSSR count). The lowest BCUT2D eigenvalue weighted by Crippen LogP contribution is -2.29. The Morgan fingerprint density at radius 3 is 2.05 bits per heavy atom. The molecule has 1 aromatic carbocycles. The lowest BCUT2D eigenvalue weighted by Gasteiger charge is -2.08. The summed E-state index contributed by atoms with van der Waals surface area (Å²) in [6.45, 7) is 0. The van der Waals surface area contributed by atoms with E-state index < -0.39 is 21.8 Å². The van der Waals surface area contributed by atoms with Crippen LogP contribution in [-0.2, 0) is 10.0 Å². The monoisotopic (exact) mass is 292 g/mol. The second kappa shape index (κ2) is 3.97. The molecule has 2 aromatic rings. The van der Waals surface area contributed by atoms with E-state index in [9.17, 15) is 18.0 Å². The molecule has 0 radical (unpaired) electrons. The number of nitrogens with zero attached hydrogens (tertiary/aromatic N) is 4. The van der Waals surface area contributed by atoms with Gasteiger partial charge in [-0.2, -0.15) is 0 Å². The van der Waals surface area contributed by atoms with Gasteiger partial charge in [0.15, 0.2) is 5.82 Å². The molecular weight excluding hydrogens is 284 g/mol. The molecule has 0 aliphatic carbocycles. The van der Waals surface area contributed by atoms with Gasteiger partial charge in [-0.3, -0.25) is 9.59 Å². The van der Waals surface area contributed by atoms with Crippen molar-refractivity contribution in [2.75, 3.05) is 11.2 Å². The van der Waals surface area contributed by atoms with E-state index in [2.05, 4.69) is 10.3 Å². The zero-order valence-electron chi connectivity index (χ0n) is 10.2. The molecule has 1 aromatic heterocycles. The van der Waals surface area contributed by atoms with Crippen LogP contribution < -0.4 is 4.90 Å². The molecule has 1 aliphatic heterocycles.